The molecule has 0 saturated carbocycles. The van der Waals surface area contributed by atoms with Crippen molar-refractivity contribution in [3.8, 4) is 0 Å². The molecule has 0 aromatic heterocycles. The minimum Gasteiger partial charge on any atom is -0.250 e. The van der Waals surface area contributed by atoms with E-state index in [9.17, 15) is 0 Å². The van der Waals surface area contributed by atoms with Crippen LogP contribution in [0, 0.1) is 5.92 Å². The first-order valence-electron chi connectivity index (χ1n) is 4.65. The molecule has 1 heterocycles. The zero-order valence-corrected chi connectivity index (χ0v) is 8.66. The van der Waals surface area contributed by atoms with E-state index in [0.717, 1.165) is 12.0 Å². The van der Waals surface area contributed by atoms with E-state index in [4.69, 9.17) is 0 Å². The van der Waals surface area contributed by atoms with Gasteiger partial charge in [0.2, 0.25) is 0 Å². The van der Waals surface area contributed by atoms with E-state index < -0.39 is 0 Å². The van der Waals surface area contributed by atoms with Gasteiger partial charge in [-0.25, -0.2) is 0 Å². The lowest BCUT2D eigenvalue weighted by atomic mass is 9.95. The maximum Gasteiger partial charge on any atom is 0.0233 e. The predicted octanol–water partition coefficient (Wildman–Crippen LogP) is 2.77. The fourth-order valence-corrected chi connectivity index (χ4v) is 3.28. The maximum atomic E-state index is 2.44. The first kappa shape index (κ1) is 9.40. The monoisotopic (exact) mass is 173 g/mol. The molecule has 11 heavy (non-hydrogen) atoms. The maximum absolute atomic E-state index is 2.44. The lowest BCUT2D eigenvalue weighted by molar-refractivity contribution is 0.309. The highest BCUT2D eigenvalue weighted by Crippen LogP contribution is 2.34. The van der Waals surface area contributed by atoms with Gasteiger partial charge >= 0.3 is 0 Å². The fraction of sp³-hybridized carbons (Fsp3) is 1.00. The van der Waals surface area contributed by atoms with Gasteiger partial charge < -0.3 is 0 Å². The molecule has 1 aliphatic heterocycles. The summed E-state index contributed by atoms with van der Waals surface area (Å²) in [7, 11) is 2.23. The van der Waals surface area contributed by atoms with Gasteiger partial charge in [0.1, 0.15) is 0 Å². The number of nitrogens with zero attached hydrogens (tertiary/aromatic N) is 1. The smallest absolute Gasteiger partial charge is 0.0233 e. The van der Waals surface area contributed by atoms with Crippen LogP contribution in [-0.2, 0) is 0 Å². The van der Waals surface area contributed by atoms with Gasteiger partial charge in [-0.15, -0.1) is 0 Å². The van der Waals surface area contributed by atoms with Gasteiger partial charge in [-0.05, 0) is 25.8 Å². The second-order valence-electron chi connectivity index (χ2n) is 3.37. The minimum atomic E-state index is 0.847. The van der Waals surface area contributed by atoms with Gasteiger partial charge in [0.05, 0.1) is 0 Å². The molecule has 0 amide bonds. The van der Waals surface area contributed by atoms with E-state index in [1.807, 2.05) is 11.9 Å². The summed E-state index contributed by atoms with van der Waals surface area (Å²) in [4.78, 5) is 0. The number of hydrogen-bond acceptors (Lipinski definition) is 2. The Morgan fingerprint density at radius 1 is 1.45 bits per heavy atom. The van der Waals surface area contributed by atoms with Crippen molar-refractivity contribution in [2.45, 2.75) is 39.2 Å². The third kappa shape index (κ3) is 2.12. The zero-order valence-electron chi connectivity index (χ0n) is 7.84. The van der Waals surface area contributed by atoms with Crippen molar-refractivity contribution < 1.29 is 0 Å². The molecule has 0 aliphatic carbocycles. The molecule has 0 aromatic carbocycles. The number of rotatable bonds is 3. The summed E-state index contributed by atoms with van der Waals surface area (Å²) in [5.41, 5.74) is 0. The van der Waals surface area contributed by atoms with Gasteiger partial charge in [0.15, 0.2) is 0 Å². The Labute approximate surface area is 74.7 Å². The first-order valence-corrected chi connectivity index (χ1v) is 5.59. The van der Waals surface area contributed by atoms with Crippen molar-refractivity contribution in [1.29, 1.82) is 0 Å². The summed E-state index contributed by atoms with van der Waals surface area (Å²) < 4.78 is 2.44. The molecule has 0 N–H and O–H groups in total. The molecule has 1 aliphatic rings. The standard InChI is InChI=1S/C9H19NS/c1-4-6-8-7-11-10(3)9(8)5-2/h8-9H,4-7H2,1-3H3. The Kier molecular flexibility index (Phi) is 3.73. The average Bonchev–Trinajstić information content (AvgIpc) is 2.33. The summed E-state index contributed by atoms with van der Waals surface area (Å²) in [5, 5.41) is 0. The van der Waals surface area contributed by atoms with Crippen molar-refractivity contribution >= 4 is 11.9 Å². The van der Waals surface area contributed by atoms with Crippen LogP contribution in [0.2, 0.25) is 0 Å². The van der Waals surface area contributed by atoms with E-state index in [1.54, 1.807) is 0 Å². The van der Waals surface area contributed by atoms with Crippen LogP contribution < -0.4 is 0 Å². The Morgan fingerprint density at radius 2 is 2.18 bits per heavy atom. The molecule has 66 valence electrons. The molecule has 2 heteroatoms. The topological polar surface area (TPSA) is 3.24 Å². The Hall–Kier alpha value is 0.310. The summed E-state index contributed by atoms with van der Waals surface area (Å²) in [5.74, 6) is 2.31. The van der Waals surface area contributed by atoms with Crippen LogP contribution in [0.5, 0.6) is 0 Å². The van der Waals surface area contributed by atoms with Crippen molar-refractivity contribution in [3.63, 3.8) is 0 Å². The van der Waals surface area contributed by atoms with Crippen LogP contribution in [0.3, 0.4) is 0 Å². The summed E-state index contributed by atoms with van der Waals surface area (Å²) in [6.45, 7) is 4.59. The van der Waals surface area contributed by atoms with E-state index >= 15 is 0 Å². The second kappa shape index (κ2) is 4.36. The highest BCUT2D eigenvalue weighted by Gasteiger charge is 2.29. The molecule has 0 bridgehead atoms. The van der Waals surface area contributed by atoms with Gasteiger partial charge in [-0.2, -0.15) is 0 Å². The van der Waals surface area contributed by atoms with Gasteiger partial charge in [0.25, 0.3) is 0 Å². The van der Waals surface area contributed by atoms with Crippen LogP contribution in [0.1, 0.15) is 33.1 Å². The highest BCUT2D eigenvalue weighted by atomic mass is 32.2. The van der Waals surface area contributed by atoms with Crippen LogP contribution in [0.25, 0.3) is 0 Å². The molecule has 1 rings (SSSR count). The molecule has 2 atom stereocenters. The molecule has 0 aromatic rings. The highest BCUT2D eigenvalue weighted by molar-refractivity contribution is 7.97. The lowest BCUT2D eigenvalue weighted by Crippen LogP contribution is -2.26. The van der Waals surface area contributed by atoms with Crippen molar-refractivity contribution in [2.24, 2.45) is 5.92 Å². The summed E-state index contributed by atoms with van der Waals surface area (Å²) in [6, 6.07) is 0.847. The molecular formula is C9H19NS. The Morgan fingerprint density at radius 3 is 2.73 bits per heavy atom. The van der Waals surface area contributed by atoms with Crippen LogP contribution in [-0.4, -0.2) is 23.1 Å². The SMILES string of the molecule is CCCC1CSN(C)C1CC. The molecule has 0 spiro atoms. The van der Waals surface area contributed by atoms with Crippen molar-refractivity contribution in [3.05, 3.63) is 0 Å². The summed E-state index contributed by atoms with van der Waals surface area (Å²) in [6.07, 6.45) is 4.07. The van der Waals surface area contributed by atoms with E-state index in [0.29, 0.717) is 0 Å². The lowest BCUT2D eigenvalue weighted by Gasteiger charge is -2.21. The summed E-state index contributed by atoms with van der Waals surface area (Å²) >= 11 is 2.01. The number of hydrogen-bond donors (Lipinski definition) is 0. The van der Waals surface area contributed by atoms with Gasteiger partial charge in [-0.3, -0.25) is 4.31 Å². The van der Waals surface area contributed by atoms with E-state index in [-0.39, 0.29) is 0 Å². The average molecular weight is 173 g/mol. The van der Waals surface area contributed by atoms with Gasteiger partial charge in [0, 0.05) is 11.8 Å². The Balaban J connectivity index is 2.40. The van der Waals surface area contributed by atoms with Crippen LogP contribution in [0.4, 0.5) is 0 Å². The Bertz CT molecular complexity index is 114. The van der Waals surface area contributed by atoms with E-state index in [1.165, 1.54) is 25.0 Å². The fourth-order valence-electron chi connectivity index (χ4n) is 1.95. The third-order valence-corrected chi connectivity index (χ3v) is 3.84. The molecule has 1 fully saturated rings. The van der Waals surface area contributed by atoms with Crippen LogP contribution in [0.15, 0.2) is 0 Å². The zero-order chi connectivity index (χ0) is 8.27. The van der Waals surface area contributed by atoms with Gasteiger partial charge in [-0.1, -0.05) is 32.2 Å². The second-order valence-corrected chi connectivity index (χ2v) is 4.53. The normalized spacial score (nSPS) is 33.0. The minimum absolute atomic E-state index is 0.847. The molecule has 0 radical (unpaired) electrons. The quantitative estimate of drug-likeness (QED) is 0.604. The predicted molar refractivity (Wildman–Crippen MR) is 52.7 cm³/mol. The molecule has 2 unspecified atom stereocenters. The van der Waals surface area contributed by atoms with Crippen LogP contribution >= 0.6 is 11.9 Å². The largest absolute Gasteiger partial charge is 0.250 e. The van der Waals surface area contributed by atoms with Crippen molar-refractivity contribution in [2.75, 3.05) is 12.8 Å². The van der Waals surface area contributed by atoms with Crippen molar-refractivity contribution in [1.82, 2.24) is 4.31 Å². The molecule has 1 saturated heterocycles. The molecule has 1 nitrogen and oxygen atoms in total. The van der Waals surface area contributed by atoms with E-state index in [2.05, 4.69) is 25.2 Å². The third-order valence-electron chi connectivity index (χ3n) is 2.58. The molecular weight excluding hydrogens is 154 g/mol. The first-order chi connectivity index (χ1) is 5.29.